The van der Waals surface area contributed by atoms with Crippen LogP contribution in [0.4, 0.5) is 0 Å². The minimum absolute atomic E-state index is 0.160. The Labute approximate surface area is 176 Å². The molecule has 140 valence electrons. The van der Waals surface area contributed by atoms with Gasteiger partial charge in [0.05, 0.1) is 4.88 Å². The van der Waals surface area contributed by atoms with Crippen LogP contribution >= 0.6 is 22.7 Å². The van der Waals surface area contributed by atoms with Gasteiger partial charge in [0.15, 0.2) is 5.78 Å². The smallest absolute Gasteiger partial charge is 0.199 e. The maximum Gasteiger partial charge on any atom is 0.199 e. The van der Waals surface area contributed by atoms with Gasteiger partial charge in [-0.25, -0.2) is 0 Å². The average Bonchev–Trinajstić information content (AvgIpc) is 3.53. The number of ketones is 1. The number of allylic oxidation sites excluding steroid dienone is 1. The molecule has 3 heterocycles. The third-order valence-corrected chi connectivity index (χ3v) is 7.65. The quantitative estimate of drug-likeness (QED) is 0.303. The highest BCUT2D eigenvalue weighted by atomic mass is 32.1. The van der Waals surface area contributed by atoms with Crippen molar-refractivity contribution >= 4 is 55.8 Å². The molecule has 0 saturated carbocycles. The number of benzene rings is 2. The van der Waals surface area contributed by atoms with Crippen molar-refractivity contribution in [3.05, 3.63) is 97.9 Å². The van der Waals surface area contributed by atoms with E-state index >= 15 is 0 Å². The molecule has 0 amide bonds. The molecule has 1 aliphatic carbocycles. The van der Waals surface area contributed by atoms with E-state index in [1.165, 1.54) is 49.1 Å². The lowest BCUT2D eigenvalue weighted by molar-refractivity contribution is 0.103. The molecule has 1 aliphatic rings. The number of para-hydroxylation sites is 1. The van der Waals surface area contributed by atoms with E-state index in [9.17, 15) is 4.79 Å². The lowest BCUT2D eigenvalue weighted by atomic mass is 9.99. The molecule has 0 radical (unpaired) electrons. The van der Waals surface area contributed by atoms with E-state index in [0.717, 1.165) is 16.0 Å². The van der Waals surface area contributed by atoms with Gasteiger partial charge in [0.1, 0.15) is 0 Å². The molecule has 0 fully saturated rings. The molecule has 29 heavy (non-hydrogen) atoms. The standard InChI is InChI=1S/C25H17NOS2/c1-26-19-7-3-2-6-16(19)23-17-14-18(25(27)22-9-5-13-29-22)24(21-8-4-12-28-21)15(17)10-11-20(23)26/h2-13H,14H2,1H3. The van der Waals surface area contributed by atoms with Gasteiger partial charge in [-0.2, -0.15) is 0 Å². The fourth-order valence-corrected chi connectivity index (χ4v) is 6.12. The Hall–Kier alpha value is -2.95. The van der Waals surface area contributed by atoms with Crippen molar-refractivity contribution in [2.75, 3.05) is 0 Å². The van der Waals surface area contributed by atoms with Crippen molar-refractivity contribution in [3.8, 4) is 0 Å². The first-order valence-corrected chi connectivity index (χ1v) is 11.3. The highest BCUT2D eigenvalue weighted by Crippen LogP contribution is 2.45. The predicted molar refractivity (Wildman–Crippen MR) is 123 cm³/mol. The third-order valence-electron chi connectivity index (χ3n) is 5.90. The molecule has 2 nitrogen and oxygen atoms in total. The summed E-state index contributed by atoms with van der Waals surface area (Å²) in [4.78, 5) is 15.4. The molecule has 0 unspecified atom stereocenters. The molecule has 0 aliphatic heterocycles. The minimum Gasteiger partial charge on any atom is -0.344 e. The number of fused-ring (bicyclic) bond motifs is 5. The molecular weight excluding hydrogens is 394 g/mol. The zero-order chi connectivity index (χ0) is 19.5. The lowest BCUT2D eigenvalue weighted by Crippen LogP contribution is -2.03. The summed E-state index contributed by atoms with van der Waals surface area (Å²) in [6, 6.07) is 21.0. The number of aromatic nitrogens is 1. The highest BCUT2D eigenvalue weighted by molar-refractivity contribution is 7.12. The predicted octanol–water partition coefficient (Wildman–Crippen LogP) is 6.70. The average molecular weight is 412 g/mol. The Morgan fingerprint density at radius 1 is 0.897 bits per heavy atom. The van der Waals surface area contributed by atoms with Crippen molar-refractivity contribution in [2.24, 2.45) is 7.05 Å². The topological polar surface area (TPSA) is 22.0 Å². The van der Waals surface area contributed by atoms with Crippen LogP contribution in [0.1, 0.15) is 25.7 Å². The molecule has 3 aromatic heterocycles. The maximum atomic E-state index is 13.4. The largest absolute Gasteiger partial charge is 0.344 e. The number of carbonyl (C=O) groups excluding carboxylic acids is 1. The van der Waals surface area contributed by atoms with Crippen molar-refractivity contribution in [3.63, 3.8) is 0 Å². The van der Waals surface area contributed by atoms with Crippen LogP contribution in [0, 0.1) is 0 Å². The van der Waals surface area contributed by atoms with Crippen LogP contribution in [0.2, 0.25) is 0 Å². The number of aryl methyl sites for hydroxylation is 1. The molecule has 0 spiro atoms. The summed E-state index contributed by atoms with van der Waals surface area (Å²) in [6.07, 6.45) is 0.685. The summed E-state index contributed by atoms with van der Waals surface area (Å²) in [5, 5.41) is 6.61. The van der Waals surface area contributed by atoms with Gasteiger partial charge in [0.2, 0.25) is 0 Å². The zero-order valence-corrected chi connectivity index (χ0v) is 17.4. The van der Waals surface area contributed by atoms with Gasteiger partial charge in [-0.1, -0.05) is 36.4 Å². The summed E-state index contributed by atoms with van der Waals surface area (Å²) in [6.45, 7) is 0. The van der Waals surface area contributed by atoms with Crippen LogP contribution in [0.25, 0.3) is 27.4 Å². The Bertz CT molecular complexity index is 1430. The lowest BCUT2D eigenvalue weighted by Gasteiger charge is -2.07. The number of hydrogen-bond donors (Lipinski definition) is 0. The Balaban J connectivity index is 1.66. The molecule has 5 aromatic rings. The second kappa shape index (κ2) is 6.28. The Morgan fingerprint density at radius 3 is 2.52 bits per heavy atom. The normalized spacial score (nSPS) is 13.6. The summed E-state index contributed by atoms with van der Waals surface area (Å²) in [5.74, 6) is 0.160. The molecule has 0 bridgehead atoms. The van der Waals surface area contributed by atoms with Gasteiger partial charge >= 0.3 is 0 Å². The molecular formula is C25H17NOS2. The van der Waals surface area contributed by atoms with Gasteiger partial charge in [-0.3, -0.25) is 4.79 Å². The van der Waals surface area contributed by atoms with Crippen LogP contribution in [-0.2, 0) is 13.5 Å². The summed E-state index contributed by atoms with van der Waals surface area (Å²) >= 11 is 3.23. The first kappa shape index (κ1) is 17.0. The zero-order valence-electron chi connectivity index (χ0n) is 15.8. The van der Waals surface area contributed by atoms with E-state index in [-0.39, 0.29) is 5.78 Å². The SMILES string of the molecule is Cn1c2ccccc2c2c3c(ccc21)C(c1cccs1)=C(C(=O)c1cccs1)C3. The van der Waals surface area contributed by atoms with Crippen molar-refractivity contribution < 1.29 is 4.79 Å². The second-order valence-electron chi connectivity index (χ2n) is 7.38. The molecule has 6 rings (SSSR count). The molecule has 4 heteroatoms. The maximum absolute atomic E-state index is 13.4. The van der Waals surface area contributed by atoms with Gasteiger partial charge in [0, 0.05) is 51.3 Å². The van der Waals surface area contributed by atoms with E-state index in [1.807, 2.05) is 17.5 Å². The van der Waals surface area contributed by atoms with E-state index in [1.54, 1.807) is 11.3 Å². The van der Waals surface area contributed by atoms with E-state index in [0.29, 0.717) is 6.42 Å². The highest BCUT2D eigenvalue weighted by Gasteiger charge is 2.31. The van der Waals surface area contributed by atoms with Crippen molar-refractivity contribution in [2.45, 2.75) is 6.42 Å². The first-order chi connectivity index (χ1) is 14.2. The summed E-state index contributed by atoms with van der Waals surface area (Å²) < 4.78 is 2.26. The van der Waals surface area contributed by atoms with E-state index < -0.39 is 0 Å². The first-order valence-electron chi connectivity index (χ1n) is 9.58. The number of rotatable bonds is 3. The van der Waals surface area contributed by atoms with Gasteiger partial charge in [-0.15, -0.1) is 22.7 Å². The number of thiophene rings is 2. The fourth-order valence-electron chi connectivity index (χ4n) is 4.62. The number of carbonyl (C=O) groups is 1. The van der Waals surface area contributed by atoms with Gasteiger partial charge < -0.3 is 4.57 Å². The summed E-state index contributed by atoms with van der Waals surface area (Å²) in [5.41, 5.74) is 6.97. The summed E-state index contributed by atoms with van der Waals surface area (Å²) in [7, 11) is 2.12. The molecule has 2 aromatic carbocycles. The number of hydrogen-bond acceptors (Lipinski definition) is 3. The minimum atomic E-state index is 0.160. The Kier molecular flexibility index (Phi) is 3.67. The Morgan fingerprint density at radius 2 is 1.72 bits per heavy atom. The van der Waals surface area contributed by atoms with Crippen LogP contribution in [-0.4, -0.2) is 10.4 Å². The van der Waals surface area contributed by atoms with Crippen molar-refractivity contribution in [1.29, 1.82) is 0 Å². The molecule has 0 atom stereocenters. The van der Waals surface area contributed by atoms with Crippen LogP contribution in [0.5, 0.6) is 0 Å². The fraction of sp³-hybridized carbons (Fsp3) is 0.0800. The second-order valence-corrected chi connectivity index (χ2v) is 9.27. The molecule has 0 saturated heterocycles. The van der Waals surface area contributed by atoms with Crippen LogP contribution < -0.4 is 0 Å². The van der Waals surface area contributed by atoms with Gasteiger partial charge in [-0.05, 0) is 46.2 Å². The van der Waals surface area contributed by atoms with E-state index in [4.69, 9.17) is 0 Å². The monoisotopic (exact) mass is 411 g/mol. The van der Waals surface area contributed by atoms with Gasteiger partial charge in [0.25, 0.3) is 0 Å². The van der Waals surface area contributed by atoms with Crippen LogP contribution in [0.15, 0.2) is 77.0 Å². The van der Waals surface area contributed by atoms with Crippen molar-refractivity contribution in [1.82, 2.24) is 4.57 Å². The van der Waals surface area contributed by atoms with Crippen LogP contribution in [0.3, 0.4) is 0 Å². The molecule has 0 N–H and O–H groups in total. The number of Topliss-reactive ketones (excluding diaryl/α,β-unsaturated/α-hetero) is 1. The van der Waals surface area contributed by atoms with E-state index in [2.05, 4.69) is 65.5 Å². The number of nitrogens with zero attached hydrogens (tertiary/aromatic N) is 1. The third kappa shape index (κ3) is 2.36.